The molecule has 2 nitrogen and oxygen atoms in total. The van der Waals surface area contributed by atoms with E-state index in [-0.39, 0.29) is 25.7 Å². The summed E-state index contributed by atoms with van der Waals surface area (Å²) in [5, 5.41) is 0. The molecule has 0 fully saturated rings. The smallest absolute Gasteiger partial charge is 0.0846 e. The Hall–Kier alpha value is -3.26. The molecule has 0 saturated carbocycles. The van der Waals surface area contributed by atoms with Crippen molar-refractivity contribution in [1.82, 2.24) is 9.55 Å². The maximum Gasteiger partial charge on any atom is 0.0846 e. The van der Waals surface area contributed by atoms with E-state index in [0.717, 1.165) is 4.57 Å². The van der Waals surface area contributed by atoms with Gasteiger partial charge >= 0.3 is 0 Å². The van der Waals surface area contributed by atoms with E-state index in [2.05, 4.69) is 11.1 Å². The first-order valence-corrected chi connectivity index (χ1v) is 9.56. The third-order valence-electron chi connectivity index (χ3n) is 4.55. The van der Waals surface area contributed by atoms with Crippen LogP contribution in [0.15, 0.2) is 109 Å². The van der Waals surface area contributed by atoms with Crippen molar-refractivity contribution in [3.8, 4) is 39.3 Å². The molecule has 1 heterocycles. The molecule has 4 aromatic carbocycles. The Balaban J connectivity index is 0.00000583. The largest absolute Gasteiger partial charge is 0.339 e. The second-order valence-corrected chi connectivity index (χ2v) is 6.91. The molecule has 0 N–H and O–H groups in total. The molecule has 165 valence electrons. The molecule has 0 amide bonds. The predicted octanol–water partition coefficient (Wildman–Crippen LogP) is 7.79. The molecule has 0 bridgehead atoms. The van der Waals surface area contributed by atoms with Crippen molar-refractivity contribution in [1.29, 1.82) is 0 Å². The number of hydrogen-bond acceptors (Lipinski definition) is 1. The fourth-order valence-corrected chi connectivity index (χ4v) is 3.09. The van der Waals surface area contributed by atoms with E-state index in [1.165, 1.54) is 0 Å². The van der Waals surface area contributed by atoms with Crippen LogP contribution in [0.3, 0.4) is 0 Å². The van der Waals surface area contributed by atoms with E-state index in [1.54, 1.807) is 13.8 Å². The minimum absolute atomic E-state index is 0. The van der Waals surface area contributed by atoms with Gasteiger partial charge in [-0.25, -0.2) is 0 Å². The van der Waals surface area contributed by atoms with Crippen LogP contribution in [0.25, 0.3) is 39.3 Å². The normalized spacial score (nSPS) is 18.4. The molecule has 33 heavy (non-hydrogen) atoms. The second kappa shape index (κ2) is 10.1. The summed E-state index contributed by atoms with van der Waals surface area (Å²) in [6.45, 7) is 3.16. The van der Waals surface area contributed by atoms with Crippen LogP contribution in [0.1, 0.15) is 50.0 Å². The second-order valence-electron chi connectivity index (χ2n) is 6.91. The van der Waals surface area contributed by atoms with Crippen molar-refractivity contribution in [2.24, 2.45) is 0 Å². The number of rotatable bonds is 5. The van der Waals surface area contributed by atoms with Gasteiger partial charge in [-0.05, 0) is 37.4 Å². The molecule has 0 saturated heterocycles. The van der Waals surface area contributed by atoms with Gasteiger partial charge in [-0.1, -0.05) is 74.3 Å². The molecule has 0 aliphatic carbocycles. The minimum Gasteiger partial charge on any atom is -0.339 e. The third kappa shape index (κ3) is 4.61. The van der Waals surface area contributed by atoms with Crippen LogP contribution >= 0.6 is 0 Å². The average molecular weight is 624 g/mol. The van der Waals surface area contributed by atoms with Crippen LogP contribution in [0, 0.1) is 6.07 Å². The van der Waals surface area contributed by atoms with E-state index in [4.69, 9.17) is 21.9 Å². The summed E-state index contributed by atoms with van der Waals surface area (Å²) < 4.78 is 155. The van der Waals surface area contributed by atoms with Gasteiger partial charge in [-0.15, -0.1) is 35.8 Å². The van der Waals surface area contributed by atoms with Crippen molar-refractivity contribution in [2.45, 2.75) is 19.8 Å². The number of nitrogens with zero attached hydrogens (tertiary/aromatic N) is 2. The number of benzene rings is 4. The van der Waals surface area contributed by atoms with Gasteiger partial charge in [0.1, 0.15) is 0 Å². The van der Waals surface area contributed by atoms with E-state index in [0.29, 0.717) is 0 Å². The molecule has 5 aromatic rings. The van der Waals surface area contributed by atoms with Crippen LogP contribution in [-0.2, 0) is 20.1 Å². The van der Waals surface area contributed by atoms with Gasteiger partial charge < -0.3 is 4.57 Å². The third-order valence-corrected chi connectivity index (χ3v) is 4.55. The zero-order valence-corrected chi connectivity index (χ0v) is 19.7. The van der Waals surface area contributed by atoms with Crippen LogP contribution in [-0.4, -0.2) is 9.55 Å². The zero-order chi connectivity index (χ0) is 37.6. The minimum atomic E-state index is -0.834. The van der Waals surface area contributed by atoms with Crippen molar-refractivity contribution in [3.05, 3.63) is 121 Å². The molecule has 0 aliphatic heterocycles. The molecule has 0 unspecified atom stereocenters. The van der Waals surface area contributed by atoms with Gasteiger partial charge in [0, 0.05) is 46.3 Å². The van der Waals surface area contributed by atoms with Gasteiger partial charge in [0.15, 0.2) is 0 Å². The first-order chi connectivity index (χ1) is 23.2. The summed E-state index contributed by atoms with van der Waals surface area (Å²) in [6.07, 6.45) is -1.63. The van der Waals surface area contributed by atoms with Crippen molar-refractivity contribution >= 4 is 0 Å². The Kier molecular flexibility index (Phi) is 2.93. The van der Waals surface area contributed by atoms with Gasteiger partial charge in [-0.3, -0.25) is 4.98 Å². The molecule has 0 aliphatic rings. The summed E-state index contributed by atoms with van der Waals surface area (Å²) in [5.41, 5.74) is -3.55. The van der Waals surface area contributed by atoms with E-state index < -0.39 is 154 Å². The molecule has 1 aromatic heterocycles. The Morgan fingerprint density at radius 1 is 0.818 bits per heavy atom. The maximum absolute atomic E-state index is 9.38. The summed E-state index contributed by atoms with van der Waals surface area (Å²) >= 11 is 0. The molecule has 3 heteroatoms. The standard InChI is InChI=1S/C30H25N2.Ir/c1-22(2)26-20-27(23-12-6-3-7-13-23)29(28(21-26)24-14-8-4-9-15-24)32-19-18-31-30(32)25-16-10-5-11-17-25;/h3-16,18-22H,1-2H3;/q-1;/i3D,4D,5D,6D,7D,8D,9D,10D,11D,12D,13D,14D,15D,16D,18D,19D,20D,21D;. The van der Waals surface area contributed by atoms with E-state index >= 15 is 0 Å². The first kappa shape index (κ1) is 9.54. The SMILES string of the molecule is [2H]c1[c-]c(-c2nc([2H])c([2H])n2-c2c(-c3c([2H])c([2H])c([2H])c([2H])c3[2H])c([2H])c(C(C)C)c([2H])c2-c2c([2H])c([2H])c([2H])c([2H])c2[2H])c([2H])c([2H])c1[2H].[Ir]. The van der Waals surface area contributed by atoms with Gasteiger partial charge in [0.2, 0.25) is 0 Å². The predicted molar refractivity (Wildman–Crippen MR) is 133 cm³/mol. The molecule has 5 rings (SSSR count). The molecule has 1 radical (unpaired) electrons. The van der Waals surface area contributed by atoms with Gasteiger partial charge in [0.25, 0.3) is 0 Å². The molecular formula is C30H25IrN2-. The maximum atomic E-state index is 9.38. The number of aromatic nitrogens is 2. The quantitative estimate of drug-likeness (QED) is 0.183. The molecular weight excluding hydrogens is 581 g/mol. The van der Waals surface area contributed by atoms with Crippen LogP contribution < -0.4 is 0 Å². The monoisotopic (exact) mass is 624 g/mol. The van der Waals surface area contributed by atoms with Crippen LogP contribution in [0.2, 0.25) is 0 Å². The average Bonchev–Trinajstić information content (AvgIpc) is 3.35. The van der Waals surface area contributed by atoms with Crippen molar-refractivity contribution in [2.75, 3.05) is 0 Å². The number of hydrogen-bond donors (Lipinski definition) is 0. The van der Waals surface area contributed by atoms with Gasteiger partial charge in [0.05, 0.1) is 30.7 Å². The zero-order valence-electron chi connectivity index (χ0n) is 35.3. The van der Waals surface area contributed by atoms with Gasteiger partial charge in [-0.2, -0.15) is 0 Å². The Morgan fingerprint density at radius 3 is 1.97 bits per heavy atom. The molecule has 0 atom stereocenters. The molecule has 0 spiro atoms. The Morgan fingerprint density at radius 2 is 1.39 bits per heavy atom. The number of imidazole rings is 1. The fraction of sp³-hybridized carbons (Fsp3) is 0.100. The summed E-state index contributed by atoms with van der Waals surface area (Å²) in [6, 6.07) is -9.66. The Bertz CT molecular complexity index is 2140. The summed E-state index contributed by atoms with van der Waals surface area (Å²) in [4.78, 5) is 4.05. The van der Waals surface area contributed by atoms with E-state index in [1.807, 2.05) is 0 Å². The summed E-state index contributed by atoms with van der Waals surface area (Å²) in [7, 11) is 0. The van der Waals surface area contributed by atoms with Crippen LogP contribution in [0.4, 0.5) is 0 Å². The Labute approximate surface area is 234 Å². The summed E-state index contributed by atoms with van der Waals surface area (Å²) in [5.74, 6) is -1.29. The van der Waals surface area contributed by atoms with Crippen LogP contribution in [0.5, 0.6) is 0 Å². The first-order valence-electron chi connectivity index (χ1n) is 18.6. The topological polar surface area (TPSA) is 17.8 Å². The van der Waals surface area contributed by atoms with Crippen molar-refractivity contribution < 1.29 is 44.8 Å². The fourth-order valence-electron chi connectivity index (χ4n) is 3.09. The van der Waals surface area contributed by atoms with Crippen molar-refractivity contribution in [3.63, 3.8) is 0 Å². The van der Waals surface area contributed by atoms with E-state index in [9.17, 15) is 2.74 Å².